The van der Waals surface area contributed by atoms with Crippen molar-refractivity contribution in [2.45, 2.75) is 19.8 Å². The molecule has 0 fully saturated rings. The lowest BCUT2D eigenvalue weighted by atomic mass is 10.3. The molecule has 1 aromatic heterocycles. The van der Waals surface area contributed by atoms with Crippen molar-refractivity contribution in [3.8, 4) is 0 Å². The molecule has 0 saturated carbocycles. The SMILES string of the molecule is CCOC(=O)CCCNC(=O)c1ccccn1. The van der Waals surface area contributed by atoms with Crippen molar-refractivity contribution in [3.63, 3.8) is 0 Å². The summed E-state index contributed by atoms with van der Waals surface area (Å²) in [7, 11) is 0. The monoisotopic (exact) mass is 236 g/mol. The number of hydrogen-bond donors (Lipinski definition) is 1. The minimum absolute atomic E-state index is 0.227. The number of aromatic nitrogens is 1. The lowest BCUT2D eigenvalue weighted by molar-refractivity contribution is -0.143. The fourth-order valence-corrected chi connectivity index (χ4v) is 1.26. The van der Waals surface area contributed by atoms with Gasteiger partial charge >= 0.3 is 5.97 Å². The summed E-state index contributed by atoms with van der Waals surface area (Å²) in [6.45, 7) is 2.59. The van der Waals surface area contributed by atoms with Crippen LogP contribution in [0.4, 0.5) is 0 Å². The quantitative estimate of drug-likeness (QED) is 0.594. The molecule has 0 unspecified atom stereocenters. The summed E-state index contributed by atoms with van der Waals surface area (Å²) in [5.74, 6) is -0.464. The largest absolute Gasteiger partial charge is 0.466 e. The standard InChI is InChI=1S/C12H16N2O3/c1-2-17-11(15)7-5-9-14-12(16)10-6-3-4-8-13-10/h3-4,6,8H,2,5,7,9H2,1H3,(H,14,16). The second-order valence-corrected chi connectivity index (χ2v) is 3.38. The Kier molecular flexibility index (Phi) is 5.71. The molecular formula is C12H16N2O3. The smallest absolute Gasteiger partial charge is 0.305 e. The van der Waals surface area contributed by atoms with Gasteiger partial charge in [-0.05, 0) is 25.5 Å². The Hall–Kier alpha value is -1.91. The molecule has 0 radical (unpaired) electrons. The second-order valence-electron chi connectivity index (χ2n) is 3.38. The highest BCUT2D eigenvalue weighted by Gasteiger charge is 2.06. The Balaban J connectivity index is 2.19. The van der Waals surface area contributed by atoms with Gasteiger partial charge in [0.05, 0.1) is 6.61 Å². The summed E-state index contributed by atoms with van der Waals surface area (Å²) in [6, 6.07) is 5.14. The molecule has 1 aromatic rings. The van der Waals surface area contributed by atoms with E-state index >= 15 is 0 Å². The zero-order chi connectivity index (χ0) is 12.5. The predicted octanol–water partition coefficient (Wildman–Crippen LogP) is 1.15. The fraction of sp³-hybridized carbons (Fsp3) is 0.417. The fourth-order valence-electron chi connectivity index (χ4n) is 1.26. The van der Waals surface area contributed by atoms with Crippen molar-refractivity contribution in [1.82, 2.24) is 10.3 Å². The predicted molar refractivity (Wildman–Crippen MR) is 62.4 cm³/mol. The summed E-state index contributed by atoms with van der Waals surface area (Å²) in [4.78, 5) is 26.5. The van der Waals surface area contributed by atoms with Gasteiger partial charge in [0.25, 0.3) is 5.91 Å². The van der Waals surface area contributed by atoms with Gasteiger partial charge in [0.2, 0.25) is 0 Å². The third kappa shape index (κ3) is 5.10. The molecule has 0 atom stereocenters. The van der Waals surface area contributed by atoms with Crippen LogP contribution in [-0.2, 0) is 9.53 Å². The van der Waals surface area contributed by atoms with E-state index in [0.29, 0.717) is 31.7 Å². The summed E-state index contributed by atoms with van der Waals surface area (Å²) < 4.78 is 4.77. The number of rotatable bonds is 6. The van der Waals surface area contributed by atoms with Crippen molar-refractivity contribution in [1.29, 1.82) is 0 Å². The maximum atomic E-state index is 11.5. The van der Waals surface area contributed by atoms with Crippen molar-refractivity contribution >= 4 is 11.9 Å². The molecule has 1 heterocycles. The molecule has 0 saturated heterocycles. The van der Waals surface area contributed by atoms with Crippen LogP contribution in [0.3, 0.4) is 0 Å². The summed E-state index contributed by atoms with van der Waals surface area (Å²) >= 11 is 0. The molecule has 1 amide bonds. The molecular weight excluding hydrogens is 220 g/mol. The molecule has 0 aliphatic carbocycles. The van der Waals surface area contributed by atoms with Crippen molar-refractivity contribution in [2.24, 2.45) is 0 Å². The molecule has 92 valence electrons. The summed E-state index contributed by atoms with van der Waals surface area (Å²) in [5, 5.41) is 2.69. The van der Waals surface area contributed by atoms with E-state index in [1.54, 1.807) is 31.3 Å². The van der Waals surface area contributed by atoms with Crippen molar-refractivity contribution in [2.75, 3.05) is 13.2 Å². The van der Waals surface area contributed by atoms with Crippen LogP contribution in [0.1, 0.15) is 30.3 Å². The van der Waals surface area contributed by atoms with E-state index in [0.717, 1.165) is 0 Å². The van der Waals surface area contributed by atoms with E-state index in [9.17, 15) is 9.59 Å². The normalized spacial score (nSPS) is 9.71. The van der Waals surface area contributed by atoms with Gasteiger partial charge in [-0.1, -0.05) is 6.07 Å². The average Bonchev–Trinajstić information content (AvgIpc) is 2.36. The van der Waals surface area contributed by atoms with Gasteiger partial charge in [0.15, 0.2) is 0 Å². The van der Waals surface area contributed by atoms with Gasteiger partial charge in [-0.25, -0.2) is 0 Å². The van der Waals surface area contributed by atoms with Crippen LogP contribution in [0.5, 0.6) is 0 Å². The third-order valence-electron chi connectivity index (χ3n) is 2.05. The molecule has 1 rings (SSSR count). The first-order valence-electron chi connectivity index (χ1n) is 5.59. The molecule has 17 heavy (non-hydrogen) atoms. The molecule has 5 nitrogen and oxygen atoms in total. The minimum Gasteiger partial charge on any atom is -0.466 e. The number of pyridine rings is 1. The van der Waals surface area contributed by atoms with Crippen LogP contribution in [0, 0.1) is 0 Å². The molecule has 5 heteroatoms. The number of nitrogens with zero attached hydrogens (tertiary/aromatic N) is 1. The number of carbonyl (C=O) groups is 2. The molecule has 1 N–H and O–H groups in total. The van der Waals surface area contributed by atoms with Crippen LogP contribution in [0.2, 0.25) is 0 Å². The zero-order valence-electron chi connectivity index (χ0n) is 9.81. The number of ether oxygens (including phenoxy) is 1. The molecule has 0 spiro atoms. The van der Waals surface area contributed by atoms with E-state index in [2.05, 4.69) is 10.3 Å². The van der Waals surface area contributed by atoms with Crippen LogP contribution < -0.4 is 5.32 Å². The Morgan fingerprint density at radius 2 is 2.24 bits per heavy atom. The first-order valence-corrected chi connectivity index (χ1v) is 5.59. The van der Waals surface area contributed by atoms with Gasteiger partial charge in [-0.15, -0.1) is 0 Å². The van der Waals surface area contributed by atoms with Gasteiger partial charge < -0.3 is 10.1 Å². The van der Waals surface area contributed by atoms with Gasteiger partial charge in [0, 0.05) is 19.2 Å². The van der Waals surface area contributed by atoms with Crippen LogP contribution in [-0.4, -0.2) is 30.0 Å². The zero-order valence-corrected chi connectivity index (χ0v) is 9.81. The highest BCUT2D eigenvalue weighted by atomic mass is 16.5. The lowest BCUT2D eigenvalue weighted by Crippen LogP contribution is -2.25. The average molecular weight is 236 g/mol. The maximum absolute atomic E-state index is 11.5. The van der Waals surface area contributed by atoms with Crippen LogP contribution in [0.25, 0.3) is 0 Å². The van der Waals surface area contributed by atoms with E-state index in [4.69, 9.17) is 4.74 Å². The Morgan fingerprint density at radius 3 is 2.88 bits per heavy atom. The van der Waals surface area contributed by atoms with E-state index < -0.39 is 0 Å². The third-order valence-corrected chi connectivity index (χ3v) is 2.05. The van der Waals surface area contributed by atoms with Gasteiger partial charge in [-0.3, -0.25) is 14.6 Å². The van der Waals surface area contributed by atoms with E-state index in [1.165, 1.54) is 0 Å². The topological polar surface area (TPSA) is 68.3 Å². The lowest BCUT2D eigenvalue weighted by Gasteiger charge is -2.04. The number of hydrogen-bond acceptors (Lipinski definition) is 4. The second kappa shape index (κ2) is 7.38. The number of carbonyl (C=O) groups excluding carboxylic acids is 2. The van der Waals surface area contributed by atoms with Crippen molar-refractivity contribution in [3.05, 3.63) is 30.1 Å². The summed E-state index contributed by atoms with van der Waals surface area (Å²) in [5.41, 5.74) is 0.378. The Bertz CT molecular complexity index is 365. The Labute approximate surface area is 100 Å². The number of amides is 1. The van der Waals surface area contributed by atoms with Crippen LogP contribution in [0.15, 0.2) is 24.4 Å². The first kappa shape index (κ1) is 13.2. The minimum atomic E-state index is -0.236. The van der Waals surface area contributed by atoms with Crippen LogP contribution >= 0.6 is 0 Å². The number of nitrogens with one attached hydrogen (secondary N) is 1. The van der Waals surface area contributed by atoms with Gasteiger partial charge in [0.1, 0.15) is 5.69 Å². The van der Waals surface area contributed by atoms with Crippen molar-refractivity contribution < 1.29 is 14.3 Å². The van der Waals surface area contributed by atoms with E-state index in [-0.39, 0.29) is 11.9 Å². The Morgan fingerprint density at radius 1 is 1.41 bits per heavy atom. The molecule has 0 aromatic carbocycles. The highest BCUT2D eigenvalue weighted by Crippen LogP contribution is 1.95. The molecule has 0 aliphatic heterocycles. The highest BCUT2D eigenvalue weighted by molar-refractivity contribution is 5.92. The molecule has 0 aliphatic rings. The number of esters is 1. The summed E-state index contributed by atoms with van der Waals surface area (Å²) in [6.07, 6.45) is 2.45. The maximum Gasteiger partial charge on any atom is 0.305 e. The van der Waals surface area contributed by atoms with Gasteiger partial charge in [-0.2, -0.15) is 0 Å². The first-order chi connectivity index (χ1) is 8.24. The molecule has 0 bridgehead atoms. The van der Waals surface area contributed by atoms with E-state index in [1.807, 2.05) is 0 Å².